The molecule has 0 bridgehead atoms. The van der Waals surface area contributed by atoms with Crippen LogP contribution in [0.1, 0.15) is 39.5 Å². The van der Waals surface area contributed by atoms with Crippen molar-refractivity contribution in [3.05, 3.63) is 24.3 Å². The van der Waals surface area contributed by atoms with E-state index >= 15 is 0 Å². The molecule has 0 spiro atoms. The molecule has 1 aromatic rings. The monoisotopic (exact) mass is 328 g/mol. The zero-order chi connectivity index (χ0) is 14.6. The van der Waals surface area contributed by atoms with Gasteiger partial charge in [0.1, 0.15) is 0 Å². The Balaban J connectivity index is 0.00000220. The molecule has 2 rings (SSSR count). The molecular weight excluding hydrogens is 304 g/mol. The lowest BCUT2D eigenvalue weighted by molar-refractivity contribution is -0.123. The van der Waals surface area contributed by atoms with Crippen LogP contribution in [0.5, 0.6) is 0 Å². The average Bonchev–Trinajstić information content (AvgIpc) is 2.94. The Kier molecular flexibility index (Phi) is 7.04. The predicted octanol–water partition coefficient (Wildman–Crippen LogP) is 4.07. The molecule has 1 aromatic carbocycles. The van der Waals surface area contributed by atoms with Crippen molar-refractivity contribution in [2.75, 3.05) is 11.9 Å². The van der Waals surface area contributed by atoms with Gasteiger partial charge in [-0.15, -0.1) is 24.2 Å². The summed E-state index contributed by atoms with van der Waals surface area (Å²) < 4.78 is 0. The van der Waals surface area contributed by atoms with E-state index < -0.39 is 5.41 Å². The van der Waals surface area contributed by atoms with Crippen LogP contribution in [-0.2, 0) is 4.79 Å². The van der Waals surface area contributed by atoms with Crippen molar-refractivity contribution in [3.63, 3.8) is 0 Å². The Morgan fingerprint density at radius 1 is 1.29 bits per heavy atom. The van der Waals surface area contributed by atoms with Crippen molar-refractivity contribution in [1.82, 2.24) is 0 Å². The Bertz CT molecular complexity index is 456. The third kappa shape index (κ3) is 5.20. The van der Waals surface area contributed by atoms with E-state index in [0.29, 0.717) is 6.54 Å². The molecule has 1 aliphatic carbocycles. The number of halogens is 1. The zero-order valence-corrected chi connectivity index (χ0v) is 14.4. The van der Waals surface area contributed by atoms with Gasteiger partial charge in [0.15, 0.2) is 0 Å². The van der Waals surface area contributed by atoms with Crippen molar-refractivity contribution >= 4 is 35.8 Å². The van der Waals surface area contributed by atoms with Crippen LogP contribution in [-0.4, -0.2) is 17.7 Å². The van der Waals surface area contributed by atoms with Crippen LogP contribution in [0.15, 0.2) is 29.2 Å². The van der Waals surface area contributed by atoms with E-state index in [2.05, 4.69) is 17.4 Å². The Morgan fingerprint density at radius 2 is 1.86 bits per heavy atom. The molecule has 3 N–H and O–H groups in total. The number of amides is 1. The van der Waals surface area contributed by atoms with E-state index in [-0.39, 0.29) is 18.3 Å². The summed E-state index contributed by atoms with van der Waals surface area (Å²) in [6.07, 6.45) is 5.38. The van der Waals surface area contributed by atoms with Crippen molar-refractivity contribution in [3.8, 4) is 0 Å². The number of thioether (sulfide) groups is 1. The minimum absolute atomic E-state index is 0. The van der Waals surface area contributed by atoms with Crippen LogP contribution in [0, 0.1) is 5.41 Å². The fourth-order valence-electron chi connectivity index (χ4n) is 2.21. The summed E-state index contributed by atoms with van der Waals surface area (Å²) in [6.45, 7) is 4.05. The number of rotatable bonds is 5. The van der Waals surface area contributed by atoms with Crippen LogP contribution in [0.4, 0.5) is 5.69 Å². The van der Waals surface area contributed by atoms with Gasteiger partial charge in [0.2, 0.25) is 5.91 Å². The maximum absolute atomic E-state index is 12.0. The number of benzene rings is 1. The Morgan fingerprint density at radius 3 is 2.38 bits per heavy atom. The zero-order valence-electron chi connectivity index (χ0n) is 12.7. The summed E-state index contributed by atoms with van der Waals surface area (Å²) in [4.78, 5) is 13.3. The van der Waals surface area contributed by atoms with Gasteiger partial charge in [0.05, 0.1) is 5.41 Å². The van der Waals surface area contributed by atoms with Gasteiger partial charge in [-0.25, -0.2) is 0 Å². The molecule has 0 atom stereocenters. The van der Waals surface area contributed by atoms with Gasteiger partial charge in [-0.2, -0.15) is 0 Å². The van der Waals surface area contributed by atoms with Crippen LogP contribution < -0.4 is 11.1 Å². The maximum atomic E-state index is 12.0. The fraction of sp³-hybridized carbons (Fsp3) is 0.562. The van der Waals surface area contributed by atoms with Crippen LogP contribution in [0.25, 0.3) is 0 Å². The first kappa shape index (κ1) is 18.3. The number of nitrogens with one attached hydrogen (secondary N) is 1. The van der Waals surface area contributed by atoms with Gasteiger partial charge in [-0.3, -0.25) is 4.79 Å². The smallest absolute Gasteiger partial charge is 0.231 e. The van der Waals surface area contributed by atoms with E-state index in [4.69, 9.17) is 5.73 Å². The summed E-state index contributed by atoms with van der Waals surface area (Å²) in [5.74, 6) is -0.0313. The molecule has 0 heterocycles. The predicted molar refractivity (Wildman–Crippen MR) is 93.3 cm³/mol. The van der Waals surface area contributed by atoms with Crippen molar-refractivity contribution < 1.29 is 4.79 Å². The highest BCUT2D eigenvalue weighted by atomic mass is 35.5. The average molecular weight is 329 g/mol. The number of anilines is 1. The lowest BCUT2D eigenvalue weighted by atomic mass is 9.92. The summed E-state index contributed by atoms with van der Waals surface area (Å²) in [7, 11) is 0. The quantitative estimate of drug-likeness (QED) is 0.856. The topological polar surface area (TPSA) is 55.1 Å². The summed E-state index contributed by atoms with van der Waals surface area (Å²) in [6, 6.07) is 8.13. The second-order valence-corrected chi connectivity index (χ2v) is 7.46. The lowest BCUT2D eigenvalue weighted by Gasteiger charge is -2.21. The van der Waals surface area contributed by atoms with E-state index in [1.165, 1.54) is 30.6 Å². The molecule has 21 heavy (non-hydrogen) atoms. The van der Waals surface area contributed by atoms with Crippen LogP contribution in [0.3, 0.4) is 0 Å². The summed E-state index contributed by atoms with van der Waals surface area (Å²) >= 11 is 1.96. The molecule has 1 saturated carbocycles. The summed E-state index contributed by atoms with van der Waals surface area (Å²) in [5.41, 5.74) is 5.92. The Labute approximate surface area is 137 Å². The largest absolute Gasteiger partial charge is 0.329 e. The molecule has 5 heteroatoms. The molecule has 0 saturated heterocycles. The molecule has 0 unspecified atom stereocenters. The molecule has 1 aliphatic rings. The number of carbonyl (C=O) groups excluding carboxylic acids is 1. The standard InChI is InChI=1S/C16H24N2OS.ClH/c1-16(2,11-17)15(19)18-12-7-9-14(10-8-12)20-13-5-3-4-6-13;/h7-10,13H,3-6,11,17H2,1-2H3,(H,18,19);1H. The van der Waals surface area contributed by atoms with Gasteiger partial charge in [0, 0.05) is 22.4 Å². The first-order chi connectivity index (χ1) is 9.51. The highest BCUT2D eigenvalue weighted by molar-refractivity contribution is 8.00. The van der Waals surface area contributed by atoms with Crippen LogP contribution in [0.2, 0.25) is 0 Å². The minimum Gasteiger partial charge on any atom is -0.329 e. The maximum Gasteiger partial charge on any atom is 0.231 e. The fourth-order valence-corrected chi connectivity index (χ4v) is 3.46. The second kappa shape index (κ2) is 8.06. The normalized spacial score (nSPS) is 15.6. The molecule has 0 aromatic heterocycles. The molecule has 0 radical (unpaired) electrons. The Hall–Kier alpha value is -0.710. The molecule has 1 fully saturated rings. The van der Waals surface area contributed by atoms with Gasteiger partial charge in [-0.05, 0) is 51.0 Å². The third-order valence-corrected chi connectivity index (χ3v) is 5.19. The molecule has 1 amide bonds. The number of hydrogen-bond donors (Lipinski definition) is 2. The molecule has 0 aliphatic heterocycles. The van der Waals surface area contributed by atoms with Crippen molar-refractivity contribution in [2.24, 2.45) is 11.1 Å². The highest BCUT2D eigenvalue weighted by Gasteiger charge is 2.25. The third-order valence-electron chi connectivity index (χ3n) is 3.84. The minimum atomic E-state index is -0.530. The molecular formula is C16H25ClN2OS. The number of hydrogen-bond acceptors (Lipinski definition) is 3. The number of carbonyl (C=O) groups is 1. The van der Waals surface area contributed by atoms with Gasteiger partial charge in [-0.1, -0.05) is 12.8 Å². The van der Waals surface area contributed by atoms with E-state index in [9.17, 15) is 4.79 Å². The van der Waals surface area contributed by atoms with E-state index in [1.54, 1.807) is 0 Å². The second-order valence-electron chi connectivity index (χ2n) is 6.09. The van der Waals surface area contributed by atoms with Crippen molar-refractivity contribution in [1.29, 1.82) is 0 Å². The van der Waals surface area contributed by atoms with Crippen molar-refractivity contribution in [2.45, 2.75) is 49.7 Å². The first-order valence-electron chi connectivity index (χ1n) is 7.29. The molecule has 118 valence electrons. The molecule has 3 nitrogen and oxygen atoms in total. The van der Waals surface area contributed by atoms with Gasteiger partial charge in [0.25, 0.3) is 0 Å². The summed E-state index contributed by atoms with van der Waals surface area (Å²) in [5, 5.41) is 3.70. The van der Waals surface area contributed by atoms with E-state index in [1.807, 2.05) is 37.7 Å². The highest BCUT2D eigenvalue weighted by Crippen LogP contribution is 2.35. The van der Waals surface area contributed by atoms with Gasteiger partial charge < -0.3 is 11.1 Å². The van der Waals surface area contributed by atoms with Crippen LogP contribution >= 0.6 is 24.2 Å². The van der Waals surface area contributed by atoms with E-state index in [0.717, 1.165) is 10.9 Å². The lowest BCUT2D eigenvalue weighted by Crippen LogP contribution is -2.37. The first-order valence-corrected chi connectivity index (χ1v) is 8.17. The SMILES string of the molecule is CC(C)(CN)C(=O)Nc1ccc(SC2CCCC2)cc1.Cl. The number of nitrogens with two attached hydrogens (primary N) is 1. The van der Waals surface area contributed by atoms with Gasteiger partial charge >= 0.3 is 0 Å².